The van der Waals surface area contributed by atoms with Gasteiger partial charge in [0.15, 0.2) is 0 Å². The van der Waals surface area contributed by atoms with E-state index in [4.69, 9.17) is 23.7 Å². The minimum absolute atomic E-state index is 0.588. The topological polar surface area (TPSA) is 18.5 Å². The molecule has 0 N–H and O–H groups in total. The lowest BCUT2D eigenvalue weighted by Gasteiger charge is -2.24. The van der Waals surface area contributed by atoms with Crippen molar-refractivity contribution in [2.45, 2.75) is 51.7 Å². The smallest absolute Gasteiger partial charge is 0.128 e. The van der Waals surface area contributed by atoms with Crippen LogP contribution >= 0.6 is 0 Å². The Morgan fingerprint density at radius 3 is 1.79 bits per heavy atom. The second kappa shape index (κ2) is 5.38. The number of hydrogen-bond acceptors (Lipinski definition) is 2. The van der Waals surface area contributed by atoms with Gasteiger partial charge in [0.05, 0.1) is 0 Å². The Balaban J connectivity index is 4.74. The molecule has 2 nitrogen and oxygen atoms in total. The van der Waals surface area contributed by atoms with Crippen LogP contribution in [0.15, 0.2) is 0 Å². The molecule has 0 bridgehead atoms. The van der Waals surface area contributed by atoms with E-state index < -0.39 is 11.2 Å². The van der Waals surface area contributed by atoms with Crippen LogP contribution in [0.1, 0.15) is 40.5 Å². The Kier molecular flexibility index (Phi) is 5.18. The van der Waals surface area contributed by atoms with Crippen LogP contribution in [-0.4, -0.2) is 11.2 Å². The molecule has 0 aromatic heterocycles. The van der Waals surface area contributed by atoms with Gasteiger partial charge < -0.3 is 9.47 Å². The summed E-state index contributed by atoms with van der Waals surface area (Å²) in [6.45, 7) is 7.52. The Bertz CT molecular complexity index is 208. The van der Waals surface area contributed by atoms with E-state index in [0.717, 1.165) is 12.8 Å². The lowest BCUT2D eigenvalue weighted by atomic mass is 9.96. The first-order chi connectivity index (χ1) is 6.45. The highest BCUT2D eigenvalue weighted by Crippen LogP contribution is 2.19. The minimum Gasteiger partial charge on any atom is -0.354 e. The minimum atomic E-state index is -0.672. The van der Waals surface area contributed by atoms with Gasteiger partial charge in [0, 0.05) is 0 Å². The molecule has 0 aliphatic rings. The van der Waals surface area contributed by atoms with E-state index in [1.807, 2.05) is 13.8 Å². The van der Waals surface area contributed by atoms with Gasteiger partial charge >= 0.3 is 0 Å². The molecule has 0 unspecified atom stereocenters. The van der Waals surface area contributed by atoms with Crippen LogP contribution in [0.3, 0.4) is 0 Å². The summed E-state index contributed by atoms with van der Waals surface area (Å²) < 4.78 is 9.60. The van der Waals surface area contributed by atoms with Crippen LogP contribution in [0.4, 0.5) is 0 Å². The maximum Gasteiger partial charge on any atom is 0.128 e. The average Bonchev–Trinajstić information content (AvgIpc) is 2.21. The van der Waals surface area contributed by atoms with Crippen LogP contribution in [0.25, 0.3) is 0 Å². The highest BCUT2D eigenvalue weighted by molar-refractivity contribution is 5.20. The molecule has 0 heterocycles. The summed E-state index contributed by atoms with van der Waals surface area (Å²) >= 11 is 0. The van der Waals surface area contributed by atoms with Crippen LogP contribution < -0.4 is 0 Å². The maximum absolute atomic E-state index is 5.23. The summed E-state index contributed by atoms with van der Waals surface area (Å²) in [5.74, 6) is 5.87. The van der Waals surface area contributed by atoms with Crippen LogP contribution in [0.2, 0.25) is 0 Å². The molecule has 0 aromatic carbocycles. The lowest BCUT2D eigenvalue weighted by molar-refractivity contribution is 0.0620. The van der Waals surface area contributed by atoms with Gasteiger partial charge in [-0.3, -0.25) is 0 Å². The summed E-state index contributed by atoms with van der Waals surface area (Å²) in [4.78, 5) is 0. The van der Waals surface area contributed by atoms with Crippen LogP contribution in [0.5, 0.6) is 0 Å². The van der Waals surface area contributed by atoms with E-state index in [9.17, 15) is 0 Å². The van der Waals surface area contributed by atoms with Gasteiger partial charge in [-0.1, -0.05) is 25.7 Å². The van der Waals surface area contributed by atoms with E-state index in [0.29, 0.717) is 0 Å². The Labute approximate surface area is 88.0 Å². The van der Waals surface area contributed by atoms with Crippen molar-refractivity contribution >= 4 is 0 Å². The van der Waals surface area contributed by atoms with E-state index in [1.165, 1.54) is 0 Å². The molecule has 0 saturated carbocycles. The molecule has 0 atom stereocenters. The predicted octanol–water partition coefficient (Wildman–Crippen LogP) is 2.70. The average molecular weight is 194 g/mol. The Morgan fingerprint density at radius 2 is 1.50 bits per heavy atom. The molecule has 0 amide bonds. The third-order valence-electron chi connectivity index (χ3n) is 2.25. The van der Waals surface area contributed by atoms with Crippen molar-refractivity contribution in [2.24, 2.45) is 0 Å². The van der Waals surface area contributed by atoms with Gasteiger partial charge in [-0.05, 0) is 26.7 Å². The monoisotopic (exact) mass is 194 g/mol. The quantitative estimate of drug-likeness (QED) is 0.641. The van der Waals surface area contributed by atoms with E-state index >= 15 is 0 Å². The molecule has 78 valence electrons. The van der Waals surface area contributed by atoms with Crippen molar-refractivity contribution < 1.29 is 9.47 Å². The third kappa shape index (κ3) is 3.69. The standard InChI is InChI=1S/C12H18O2/c1-7-12(8-2,14-6)10-9-11(3,4)13-5/h5-6H,7-8H2,1-4H3. The zero-order chi connectivity index (χ0) is 11.2. The molecule has 0 aromatic rings. The van der Waals surface area contributed by atoms with Crippen molar-refractivity contribution in [2.75, 3.05) is 0 Å². The largest absolute Gasteiger partial charge is 0.354 e. The first-order valence-corrected chi connectivity index (χ1v) is 4.75. The molecule has 2 heteroatoms. The highest BCUT2D eigenvalue weighted by Gasteiger charge is 2.23. The van der Waals surface area contributed by atoms with Gasteiger partial charge in [-0.25, -0.2) is 0 Å². The normalized spacial score (nSPS) is 12.1. The molecular formula is C12H18O2. The predicted molar refractivity (Wildman–Crippen MR) is 55.9 cm³/mol. The number of rotatable bonds is 4. The molecule has 0 spiro atoms. The zero-order valence-electron chi connectivity index (χ0n) is 9.39. The fourth-order valence-corrected chi connectivity index (χ4v) is 0.917. The third-order valence-corrected chi connectivity index (χ3v) is 2.25. The summed E-state index contributed by atoms with van der Waals surface area (Å²) in [5, 5.41) is 0. The van der Waals surface area contributed by atoms with Gasteiger partial charge in [-0.15, -0.1) is 0 Å². The van der Waals surface area contributed by atoms with Gasteiger partial charge in [-0.2, -0.15) is 0 Å². The van der Waals surface area contributed by atoms with E-state index in [-0.39, 0.29) is 0 Å². The van der Waals surface area contributed by atoms with E-state index in [2.05, 4.69) is 11.8 Å². The van der Waals surface area contributed by atoms with Gasteiger partial charge in [0.1, 0.15) is 25.4 Å². The second-order valence-corrected chi connectivity index (χ2v) is 3.70. The fraction of sp³-hybridized carbons (Fsp3) is 0.667. The number of hydrogen-bond donors (Lipinski definition) is 0. The molecule has 4 radical (unpaired) electrons. The first-order valence-electron chi connectivity index (χ1n) is 4.75. The second-order valence-electron chi connectivity index (χ2n) is 3.70. The van der Waals surface area contributed by atoms with Crippen molar-refractivity contribution in [3.8, 4) is 11.8 Å². The summed E-state index contributed by atoms with van der Waals surface area (Å²) in [7, 11) is 10.3. The maximum atomic E-state index is 5.23. The summed E-state index contributed by atoms with van der Waals surface area (Å²) in [5.41, 5.74) is -1.26. The molecule has 0 saturated heterocycles. The van der Waals surface area contributed by atoms with Crippen molar-refractivity contribution in [1.29, 1.82) is 0 Å². The number of ether oxygens (including phenoxy) is 2. The molecule has 0 aliphatic carbocycles. The fourth-order valence-electron chi connectivity index (χ4n) is 0.917. The van der Waals surface area contributed by atoms with Gasteiger partial charge in [0.2, 0.25) is 0 Å². The SMILES string of the molecule is [CH]OC(C)(C)C#CC(CC)(CC)O[CH]. The first kappa shape index (κ1) is 13.5. The lowest BCUT2D eigenvalue weighted by Crippen LogP contribution is -2.28. The van der Waals surface area contributed by atoms with Crippen LogP contribution in [0, 0.1) is 26.1 Å². The molecule has 14 heavy (non-hydrogen) atoms. The molecular weight excluding hydrogens is 176 g/mol. The Morgan fingerprint density at radius 1 is 1.00 bits per heavy atom. The summed E-state index contributed by atoms with van der Waals surface area (Å²) in [6.07, 6.45) is 1.46. The highest BCUT2D eigenvalue weighted by atomic mass is 16.5. The van der Waals surface area contributed by atoms with E-state index in [1.54, 1.807) is 13.8 Å². The molecule has 0 rings (SSSR count). The van der Waals surface area contributed by atoms with Crippen molar-refractivity contribution in [3.63, 3.8) is 0 Å². The van der Waals surface area contributed by atoms with Crippen LogP contribution in [-0.2, 0) is 9.47 Å². The summed E-state index contributed by atoms with van der Waals surface area (Å²) in [6, 6.07) is 0. The Hall–Kier alpha value is -0.520. The van der Waals surface area contributed by atoms with Gasteiger partial charge in [0.25, 0.3) is 0 Å². The van der Waals surface area contributed by atoms with Crippen molar-refractivity contribution in [1.82, 2.24) is 0 Å². The molecule has 0 fully saturated rings. The zero-order valence-corrected chi connectivity index (χ0v) is 9.39. The van der Waals surface area contributed by atoms with Crippen molar-refractivity contribution in [3.05, 3.63) is 14.2 Å². The molecule has 0 aliphatic heterocycles.